The Hall–Kier alpha value is -3.12. The van der Waals surface area contributed by atoms with Crippen molar-refractivity contribution in [1.29, 1.82) is 0 Å². The second kappa shape index (κ2) is 9.79. The number of hydrogen-bond acceptors (Lipinski definition) is 5. The molecule has 1 aromatic heterocycles. The minimum atomic E-state index is -0.148. The number of benzene rings is 2. The zero-order chi connectivity index (χ0) is 21.6. The minimum Gasteiger partial charge on any atom is -0.488 e. The van der Waals surface area contributed by atoms with Crippen molar-refractivity contribution >= 4 is 5.91 Å². The molecule has 31 heavy (non-hydrogen) atoms. The molecule has 0 unspecified atom stereocenters. The number of amides is 1. The van der Waals surface area contributed by atoms with Crippen molar-refractivity contribution in [3.8, 4) is 5.75 Å². The predicted molar refractivity (Wildman–Crippen MR) is 119 cm³/mol. The summed E-state index contributed by atoms with van der Waals surface area (Å²) < 4.78 is 11.2. The molecule has 0 atom stereocenters. The normalized spacial score (nSPS) is 14.0. The van der Waals surface area contributed by atoms with E-state index in [4.69, 9.17) is 9.26 Å². The second-order valence-corrected chi connectivity index (χ2v) is 8.02. The lowest BCUT2D eigenvalue weighted by molar-refractivity contribution is 0.0946. The molecular formula is C25H29N3O3. The third kappa shape index (κ3) is 5.14. The molecule has 1 aliphatic heterocycles. The molecule has 1 N–H and O–H groups in total. The van der Waals surface area contributed by atoms with Gasteiger partial charge >= 0.3 is 0 Å². The molecule has 0 bridgehead atoms. The number of para-hydroxylation sites is 1. The Morgan fingerprint density at radius 2 is 1.77 bits per heavy atom. The van der Waals surface area contributed by atoms with Crippen LogP contribution < -0.4 is 10.1 Å². The molecule has 1 aliphatic rings. The fraction of sp³-hybridized carbons (Fsp3) is 0.360. The van der Waals surface area contributed by atoms with Gasteiger partial charge < -0.3 is 14.6 Å². The maximum Gasteiger partial charge on any atom is 0.255 e. The molecule has 0 aliphatic carbocycles. The van der Waals surface area contributed by atoms with Gasteiger partial charge in [-0.1, -0.05) is 41.6 Å². The lowest BCUT2D eigenvalue weighted by Gasteiger charge is -2.18. The Kier molecular flexibility index (Phi) is 6.67. The number of ether oxygens (including phenoxy) is 1. The molecule has 0 radical (unpaired) electrons. The van der Waals surface area contributed by atoms with E-state index in [1.165, 1.54) is 18.4 Å². The average Bonchev–Trinajstić information content (AvgIpc) is 3.41. The molecular weight excluding hydrogens is 390 g/mol. The molecule has 1 amide bonds. The topological polar surface area (TPSA) is 67.6 Å². The van der Waals surface area contributed by atoms with Gasteiger partial charge in [0.15, 0.2) is 0 Å². The molecule has 4 rings (SSSR count). The summed E-state index contributed by atoms with van der Waals surface area (Å²) in [5, 5.41) is 7.02. The van der Waals surface area contributed by atoms with Crippen molar-refractivity contribution in [3.63, 3.8) is 0 Å². The van der Waals surface area contributed by atoms with Gasteiger partial charge in [-0.3, -0.25) is 9.69 Å². The highest BCUT2D eigenvalue weighted by molar-refractivity contribution is 5.96. The number of nitrogens with zero attached hydrogens (tertiary/aromatic N) is 2. The van der Waals surface area contributed by atoms with Crippen LogP contribution in [0.3, 0.4) is 0 Å². The van der Waals surface area contributed by atoms with Gasteiger partial charge in [0.05, 0.1) is 16.8 Å². The van der Waals surface area contributed by atoms with E-state index in [-0.39, 0.29) is 5.91 Å². The van der Waals surface area contributed by atoms with Crippen molar-refractivity contribution in [2.75, 3.05) is 13.1 Å². The van der Waals surface area contributed by atoms with Crippen molar-refractivity contribution in [1.82, 2.24) is 15.4 Å². The second-order valence-electron chi connectivity index (χ2n) is 8.02. The zero-order valence-electron chi connectivity index (χ0n) is 18.2. The maximum absolute atomic E-state index is 13.0. The Balaban J connectivity index is 1.42. The summed E-state index contributed by atoms with van der Waals surface area (Å²) >= 11 is 0. The quantitative estimate of drug-likeness (QED) is 0.586. The number of likely N-dealkylation sites (tertiary alicyclic amines) is 1. The summed E-state index contributed by atoms with van der Waals surface area (Å²) in [4.78, 5) is 15.4. The first kappa shape index (κ1) is 21.1. The standard InChI is InChI=1S/C25H29N3O3/c1-18-23(19(2)31-27-18)17-30-24-12-6-5-11-22(24)25(29)26-15-20-9-3-4-10-21(20)16-28-13-7-8-14-28/h3-6,9-12H,7-8,13-17H2,1-2H3,(H,26,29). The van der Waals surface area contributed by atoms with Crippen molar-refractivity contribution in [3.05, 3.63) is 82.2 Å². The van der Waals surface area contributed by atoms with E-state index in [0.29, 0.717) is 24.5 Å². The van der Waals surface area contributed by atoms with E-state index in [1.807, 2.05) is 38.1 Å². The van der Waals surface area contributed by atoms with Gasteiger partial charge in [-0.25, -0.2) is 0 Å². The van der Waals surface area contributed by atoms with Crippen molar-refractivity contribution in [2.24, 2.45) is 0 Å². The molecule has 2 heterocycles. The summed E-state index contributed by atoms with van der Waals surface area (Å²) in [5.74, 6) is 1.13. The lowest BCUT2D eigenvalue weighted by Crippen LogP contribution is -2.25. The van der Waals surface area contributed by atoms with Gasteiger partial charge in [0.2, 0.25) is 0 Å². The number of carbonyl (C=O) groups excluding carboxylic acids is 1. The molecule has 1 saturated heterocycles. The molecule has 0 spiro atoms. The zero-order valence-corrected chi connectivity index (χ0v) is 18.2. The number of aromatic nitrogens is 1. The first-order valence-corrected chi connectivity index (χ1v) is 10.8. The average molecular weight is 420 g/mol. The third-order valence-corrected chi connectivity index (χ3v) is 5.84. The van der Waals surface area contributed by atoms with Gasteiger partial charge in [0.25, 0.3) is 5.91 Å². The number of aryl methyl sites for hydroxylation is 2. The van der Waals surface area contributed by atoms with Crippen LogP contribution >= 0.6 is 0 Å². The van der Waals surface area contributed by atoms with Crippen LogP contribution in [0.5, 0.6) is 5.75 Å². The SMILES string of the molecule is Cc1noc(C)c1COc1ccccc1C(=O)NCc1ccccc1CN1CCCC1. The highest BCUT2D eigenvalue weighted by atomic mass is 16.5. The van der Waals surface area contributed by atoms with Crippen LogP contribution in [0.2, 0.25) is 0 Å². The summed E-state index contributed by atoms with van der Waals surface area (Å²) in [6.07, 6.45) is 2.53. The molecule has 6 nitrogen and oxygen atoms in total. The van der Waals surface area contributed by atoms with E-state index in [1.54, 1.807) is 6.07 Å². The van der Waals surface area contributed by atoms with Crippen LogP contribution in [0, 0.1) is 13.8 Å². The third-order valence-electron chi connectivity index (χ3n) is 5.84. The highest BCUT2D eigenvalue weighted by Crippen LogP contribution is 2.22. The van der Waals surface area contributed by atoms with Crippen LogP contribution in [-0.4, -0.2) is 29.1 Å². The monoisotopic (exact) mass is 419 g/mol. The summed E-state index contributed by atoms with van der Waals surface area (Å²) in [7, 11) is 0. The number of rotatable bonds is 8. The first-order chi connectivity index (χ1) is 15.1. The largest absolute Gasteiger partial charge is 0.488 e. The predicted octanol–water partition coefficient (Wildman–Crippen LogP) is 4.40. The number of nitrogens with one attached hydrogen (secondary N) is 1. The molecule has 3 aromatic rings. The Labute approximate surface area is 183 Å². The van der Waals surface area contributed by atoms with Gasteiger partial charge in [-0.15, -0.1) is 0 Å². The van der Waals surface area contributed by atoms with E-state index >= 15 is 0 Å². The Bertz CT molecular complexity index is 1020. The summed E-state index contributed by atoms with van der Waals surface area (Å²) in [6, 6.07) is 15.6. The Morgan fingerprint density at radius 1 is 1.06 bits per heavy atom. The van der Waals surface area contributed by atoms with Gasteiger partial charge in [-0.05, 0) is 63.0 Å². The smallest absolute Gasteiger partial charge is 0.255 e. The minimum absolute atomic E-state index is 0.148. The molecule has 2 aromatic carbocycles. The number of hydrogen-bond donors (Lipinski definition) is 1. The van der Waals surface area contributed by atoms with E-state index in [0.717, 1.165) is 42.2 Å². The van der Waals surface area contributed by atoms with Crippen molar-refractivity contribution < 1.29 is 14.1 Å². The van der Waals surface area contributed by atoms with Crippen LogP contribution in [0.4, 0.5) is 0 Å². The highest BCUT2D eigenvalue weighted by Gasteiger charge is 2.16. The van der Waals surface area contributed by atoms with Crippen LogP contribution in [0.15, 0.2) is 53.1 Å². The Morgan fingerprint density at radius 3 is 2.52 bits per heavy atom. The van der Waals surface area contributed by atoms with Gasteiger partial charge in [0, 0.05) is 13.1 Å². The van der Waals surface area contributed by atoms with Gasteiger partial charge in [0.1, 0.15) is 18.1 Å². The molecule has 6 heteroatoms. The van der Waals surface area contributed by atoms with E-state index < -0.39 is 0 Å². The van der Waals surface area contributed by atoms with Crippen LogP contribution in [0.25, 0.3) is 0 Å². The van der Waals surface area contributed by atoms with Crippen LogP contribution in [0.1, 0.15) is 51.3 Å². The fourth-order valence-electron chi connectivity index (χ4n) is 3.97. The fourth-order valence-corrected chi connectivity index (χ4v) is 3.97. The summed E-state index contributed by atoms with van der Waals surface area (Å²) in [6.45, 7) is 7.77. The lowest BCUT2D eigenvalue weighted by atomic mass is 10.1. The number of carbonyl (C=O) groups is 1. The van der Waals surface area contributed by atoms with Crippen molar-refractivity contribution in [2.45, 2.75) is 46.4 Å². The molecule has 1 fully saturated rings. The van der Waals surface area contributed by atoms with Crippen LogP contribution in [-0.2, 0) is 19.7 Å². The molecule has 0 saturated carbocycles. The van der Waals surface area contributed by atoms with E-state index in [2.05, 4.69) is 33.6 Å². The maximum atomic E-state index is 13.0. The molecule has 162 valence electrons. The first-order valence-electron chi connectivity index (χ1n) is 10.8. The van der Waals surface area contributed by atoms with E-state index in [9.17, 15) is 4.79 Å². The van der Waals surface area contributed by atoms with Gasteiger partial charge in [-0.2, -0.15) is 0 Å². The summed E-state index contributed by atoms with van der Waals surface area (Å²) in [5.41, 5.74) is 4.65.